The summed E-state index contributed by atoms with van der Waals surface area (Å²) in [5.74, 6) is 0.616. The molecule has 0 spiro atoms. The predicted molar refractivity (Wildman–Crippen MR) is 123 cm³/mol. The number of urea groups is 1. The SMILES string of the molecule is CCc1ccc(-c2[nH]c3ccccc3c2NC(=O)Nc2cc(C)ccc2OC)cc1. The second kappa shape index (κ2) is 8.33. The van der Waals surface area contributed by atoms with E-state index < -0.39 is 0 Å². The molecule has 0 bridgehead atoms. The normalized spacial score (nSPS) is 10.8. The lowest BCUT2D eigenvalue weighted by Gasteiger charge is -2.13. The minimum absolute atomic E-state index is 0.324. The van der Waals surface area contributed by atoms with Gasteiger partial charge in [-0.25, -0.2) is 4.79 Å². The molecule has 30 heavy (non-hydrogen) atoms. The summed E-state index contributed by atoms with van der Waals surface area (Å²) in [7, 11) is 1.59. The number of ether oxygens (including phenoxy) is 1. The summed E-state index contributed by atoms with van der Waals surface area (Å²) in [6, 6.07) is 21.7. The zero-order valence-corrected chi connectivity index (χ0v) is 17.4. The minimum atomic E-state index is -0.324. The summed E-state index contributed by atoms with van der Waals surface area (Å²) >= 11 is 0. The van der Waals surface area contributed by atoms with Crippen LogP contribution in [-0.2, 0) is 6.42 Å². The fourth-order valence-corrected chi connectivity index (χ4v) is 3.58. The number of aryl methyl sites for hydroxylation is 2. The summed E-state index contributed by atoms with van der Waals surface area (Å²) < 4.78 is 5.37. The summed E-state index contributed by atoms with van der Waals surface area (Å²) in [6.07, 6.45) is 0.985. The van der Waals surface area contributed by atoms with Crippen molar-refractivity contribution in [2.45, 2.75) is 20.3 Å². The first kappa shape index (κ1) is 19.6. The third kappa shape index (κ3) is 3.87. The smallest absolute Gasteiger partial charge is 0.323 e. The van der Waals surface area contributed by atoms with Gasteiger partial charge in [0.05, 0.1) is 24.2 Å². The number of nitrogens with one attached hydrogen (secondary N) is 3. The van der Waals surface area contributed by atoms with Crippen molar-refractivity contribution in [3.63, 3.8) is 0 Å². The number of H-pyrrole nitrogens is 1. The lowest BCUT2D eigenvalue weighted by molar-refractivity contribution is 0.262. The van der Waals surface area contributed by atoms with E-state index in [1.165, 1.54) is 5.56 Å². The highest BCUT2D eigenvalue weighted by Crippen LogP contribution is 2.35. The summed E-state index contributed by atoms with van der Waals surface area (Å²) in [5.41, 5.74) is 6.55. The van der Waals surface area contributed by atoms with Crippen LogP contribution in [0.15, 0.2) is 66.7 Å². The van der Waals surface area contributed by atoms with E-state index in [1.54, 1.807) is 7.11 Å². The third-order valence-electron chi connectivity index (χ3n) is 5.20. The highest BCUT2D eigenvalue weighted by molar-refractivity contribution is 6.11. The van der Waals surface area contributed by atoms with Crippen LogP contribution in [0, 0.1) is 6.92 Å². The third-order valence-corrected chi connectivity index (χ3v) is 5.20. The second-order valence-electron chi connectivity index (χ2n) is 7.25. The van der Waals surface area contributed by atoms with Crippen molar-refractivity contribution < 1.29 is 9.53 Å². The Morgan fingerprint density at radius 1 is 1.00 bits per heavy atom. The van der Waals surface area contributed by atoms with Crippen molar-refractivity contribution >= 4 is 28.3 Å². The van der Waals surface area contributed by atoms with Gasteiger partial charge in [0.2, 0.25) is 0 Å². The van der Waals surface area contributed by atoms with Crippen LogP contribution in [0.25, 0.3) is 22.2 Å². The molecule has 3 aromatic carbocycles. The molecule has 0 saturated carbocycles. The van der Waals surface area contributed by atoms with Crippen LogP contribution in [0.1, 0.15) is 18.1 Å². The fourth-order valence-electron chi connectivity index (χ4n) is 3.58. The maximum atomic E-state index is 12.9. The molecule has 0 radical (unpaired) electrons. The first-order valence-corrected chi connectivity index (χ1v) is 10.0. The molecule has 4 aromatic rings. The van der Waals surface area contributed by atoms with Gasteiger partial charge in [-0.15, -0.1) is 0 Å². The molecule has 5 nitrogen and oxygen atoms in total. The fraction of sp³-hybridized carbons (Fsp3) is 0.160. The van der Waals surface area contributed by atoms with Gasteiger partial charge in [0.25, 0.3) is 0 Å². The largest absolute Gasteiger partial charge is 0.495 e. The Kier molecular flexibility index (Phi) is 5.44. The quantitative estimate of drug-likeness (QED) is 0.366. The number of carbonyl (C=O) groups is 1. The van der Waals surface area contributed by atoms with Gasteiger partial charge in [0.15, 0.2) is 0 Å². The van der Waals surface area contributed by atoms with Crippen LogP contribution in [0.3, 0.4) is 0 Å². The Bertz CT molecular complexity index is 1190. The lowest BCUT2D eigenvalue weighted by Crippen LogP contribution is -2.20. The van der Waals surface area contributed by atoms with E-state index >= 15 is 0 Å². The lowest BCUT2D eigenvalue weighted by atomic mass is 10.1. The van der Waals surface area contributed by atoms with E-state index in [4.69, 9.17) is 4.74 Å². The van der Waals surface area contributed by atoms with Gasteiger partial charge < -0.3 is 20.4 Å². The number of hydrogen-bond acceptors (Lipinski definition) is 2. The Morgan fingerprint density at radius 2 is 1.77 bits per heavy atom. The number of aromatic nitrogens is 1. The number of fused-ring (bicyclic) bond motifs is 1. The molecule has 5 heteroatoms. The van der Waals surface area contributed by atoms with Crippen molar-refractivity contribution in [1.29, 1.82) is 0 Å². The molecule has 2 amide bonds. The van der Waals surface area contributed by atoms with E-state index in [-0.39, 0.29) is 6.03 Å². The first-order valence-electron chi connectivity index (χ1n) is 10.0. The van der Waals surface area contributed by atoms with Crippen LogP contribution in [-0.4, -0.2) is 18.1 Å². The van der Waals surface area contributed by atoms with Gasteiger partial charge >= 0.3 is 6.03 Å². The molecular formula is C25H25N3O2. The standard InChI is InChI=1S/C25H25N3O2/c1-4-17-10-12-18(13-11-17)23-24(19-7-5-6-8-20(19)26-23)28-25(29)27-21-15-16(2)9-14-22(21)30-3/h5-15,26H,4H2,1-3H3,(H2,27,28,29). The average molecular weight is 399 g/mol. The van der Waals surface area contributed by atoms with Gasteiger partial charge in [-0.2, -0.15) is 0 Å². The molecule has 0 aliphatic rings. The topological polar surface area (TPSA) is 66.2 Å². The molecule has 0 saturated heterocycles. The second-order valence-corrected chi connectivity index (χ2v) is 7.25. The number of para-hydroxylation sites is 1. The number of amides is 2. The number of aromatic amines is 1. The molecule has 1 heterocycles. The molecule has 152 valence electrons. The molecule has 0 aliphatic heterocycles. The van der Waals surface area contributed by atoms with Crippen molar-refractivity contribution in [1.82, 2.24) is 4.98 Å². The molecular weight excluding hydrogens is 374 g/mol. The highest BCUT2D eigenvalue weighted by Gasteiger charge is 2.16. The summed E-state index contributed by atoms with van der Waals surface area (Å²) in [5, 5.41) is 6.91. The Hall–Kier alpha value is -3.73. The van der Waals surface area contributed by atoms with Crippen molar-refractivity contribution in [2.75, 3.05) is 17.7 Å². The van der Waals surface area contributed by atoms with E-state index in [0.29, 0.717) is 11.4 Å². The maximum absolute atomic E-state index is 12.9. The molecule has 3 N–H and O–H groups in total. The van der Waals surface area contributed by atoms with E-state index in [9.17, 15) is 4.79 Å². The van der Waals surface area contributed by atoms with Crippen LogP contribution >= 0.6 is 0 Å². The number of carbonyl (C=O) groups excluding carboxylic acids is 1. The number of methoxy groups -OCH3 is 1. The zero-order valence-electron chi connectivity index (χ0n) is 17.4. The van der Waals surface area contributed by atoms with Crippen LogP contribution in [0.2, 0.25) is 0 Å². The van der Waals surface area contributed by atoms with E-state index in [0.717, 1.165) is 39.8 Å². The highest BCUT2D eigenvalue weighted by atomic mass is 16.5. The Labute approximate surface area is 176 Å². The first-order chi connectivity index (χ1) is 14.6. The van der Waals surface area contributed by atoms with Gasteiger partial charge in [-0.3, -0.25) is 0 Å². The minimum Gasteiger partial charge on any atom is -0.495 e. The Balaban J connectivity index is 1.69. The number of rotatable bonds is 5. The number of anilines is 2. The molecule has 0 aliphatic carbocycles. The molecule has 1 aromatic heterocycles. The van der Waals surface area contributed by atoms with E-state index in [2.05, 4.69) is 46.8 Å². The van der Waals surface area contributed by atoms with Gasteiger partial charge in [-0.1, -0.05) is 55.5 Å². The molecule has 0 fully saturated rings. The van der Waals surface area contributed by atoms with E-state index in [1.807, 2.05) is 49.4 Å². The van der Waals surface area contributed by atoms with Crippen LogP contribution in [0.5, 0.6) is 5.75 Å². The monoisotopic (exact) mass is 399 g/mol. The Morgan fingerprint density at radius 3 is 2.50 bits per heavy atom. The van der Waals surface area contributed by atoms with Gasteiger partial charge in [-0.05, 0) is 42.7 Å². The average Bonchev–Trinajstić information content (AvgIpc) is 3.12. The summed E-state index contributed by atoms with van der Waals surface area (Å²) in [6.45, 7) is 4.11. The molecule has 0 atom stereocenters. The predicted octanol–water partition coefficient (Wildman–Crippen LogP) is 6.36. The number of benzene rings is 3. The van der Waals surface area contributed by atoms with Crippen molar-refractivity contribution in [3.05, 3.63) is 77.9 Å². The van der Waals surface area contributed by atoms with Crippen molar-refractivity contribution in [3.8, 4) is 17.0 Å². The maximum Gasteiger partial charge on any atom is 0.323 e. The van der Waals surface area contributed by atoms with Gasteiger partial charge in [0.1, 0.15) is 5.75 Å². The van der Waals surface area contributed by atoms with Crippen molar-refractivity contribution in [2.24, 2.45) is 0 Å². The zero-order chi connectivity index (χ0) is 21.1. The van der Waals surface area contributed by atoms with Gasteiger partial charge in [0, 0.05) is 16.5 Å². The number of hydrogen-bond donors (Lipinski definition) is 3. The van der Waals surface area contributed by atoms with Crippen LogP contribution in [0.4, 0.5) is 16.2 Å². The molecule has 4 rings (SSSR count). The molecule has 0 unspecified atom stereocenters. The van der Waals surface area contributed by atoms with Crippen LogP contribution < -0.4 is 15.4 Å². The summed E-state index contributed by atoms with van der Waals surface area (Å²) in [4.78, 5) is 16.3.